The van der Waals surface area contributed by atoms with Gasteiger partial charge in [0.1, 0.15) is 34.5 Å². The van der Waals surface area contributed by atoms with Crippen LogP contribution in [0.5, 0.6) is 34.5 Å². The van der Waals surface area contributed by atoms with Crippen LogP contribution in [0, 0.1) is 13.8 Å². The van der Waals surface area contributed by atoms with Gasteiger partial charge in [0.05, 0.1) is 39.8 Å². The number of carboxylic acids is 1. The van der Waals surface area contributed by atoms with Crippen molar-refractivity contribution in [2.45, 2.75) is 104 Å². The molecule has 9 aliphatic heterocycles. The zero-order chi connectivity index (χ0) is 85.5. The third-order valence-electron chi connectivity index (χ3n) is 19.5. The Balaban J connectivity index is 0.000000132. The van der Waals surface area contributed by atoms with Gasteiger partial charge in [0, 0.05) is 109 Å². The number of hydrogen-bond acceptors (Lipinski definition) is 23. The van der Waals surface area contributed by atoms with Crippen molar-refractivity contribution in [3.05, 3.63) is 301 Å². The number of aliphatic hydroxyl groups is 1. The van der Waals surface area contributed by atoms with Crippen LogP contribution in [0.4, 0.5) is 17.1 Å². The molecular weight excluding hydrogens is 1570 g/mol. The van der Waals surface area contributed by atoms with Gasteiger partial charge in [-0.3, -0.25) is 57.5 Å². The molecule has 0 aromatic heterocycles. The van der Waals surface area contributed by atoms with Gasteiger partial charge in [0.15, 0.2) is 35.2 Å². The van der Waals surface area contributed by atoms with E-state index in [9.17, 15) is 57.5 Å². The fraction of sp³-hybridized carbons (Fsp3) is 0.226. The standard InChI is InChI=1S/C15H10O3.C11H12O2.C10H10ClNO.C10H7ClO4.C10H11NO.C10H8O4.C10H10O2.C9H9NO.C8H6O3/c16-13(10-6-2-1-3-7-10)15-14(17)11-8-4-5-9-12(11)18-15;1-6-4-7(2)11-9(5-6)10(12)8(3)13-11;1-12-5-4-10(13)8-6-7(11)2-3-9(8)12;11-5-1-2-7-6(3-5)10(14)8(15-7)4-9(12)13;1-11-7-6-10(12)8-4-2-3-5-9(8)11;1-6(11)13-10-9(12)7-4-2-3-5-8(7)14-10;1-10(2)9(11)7-5-3-4-6-8(7)12-10;11-9-5-6-10-8-4-2-1-3-7(8)9;9-7-5-3-1-2-4-6(5)11-8(7)10/h1-9,15H;4-5,8H,1-3H3;2-3,6H,4-5H2,1H3;1-3,8H,4H2,(H,12,13);2-5H,6-7H2,1H3;2-5,10H,1H3;3-6H,1-2H3;1-4,10H,5-6H2;1-4,8,10H. The second-order valence-electron chi connectivity index (χ2n) is 28.6. The molecule has 3 N–H and O–H groups in total. The Morgan fingerprint density at radius 1 is 0.487 bits per heavy atom. The third-order valence-corrected chi connectivity index (χ3v) is 19.9. The summed E-state index contributed by atoms with van der Waals surface area (Å²) in [5, 5.41) is 21.7. The summed E-state index contributed by atoms with van der Waals surface area (Å²) in [6.07, 6.45) is -3.15. The number of aryl methyl sites for hydroxylation is 2. The van der Waals surface area contributed by atoms with E-state index in [4.69, 9.17) is 66.6 Å². The van der Waals surface area contributed by atoms with Gasteiger partial charge in [-0.15, -0.1) is 0 Å². The van der Waals surface area contributed by atoms with Crippen molar-refractivity contribution in [2.24, 2.45) is 0 Å². The summed E-state index contributed by atoms with van der Waals surface area (Å²) in [5.74, 6) is 1.00. The van der Waals surface area contributed by atoms with Crippen molar-refractivity contribution in [1.29, 1.82) is 0 Å². The molecule has 0 saturated heterocycles. The predicted molar refractivity (Wildman–Crippen MR) is 445 cm³/mol. The zero-order valence-electron chi connectivity index (χ0n) is 66.0. The molecule has 24 nitrogen and oxygen atoms in total. The monoisotopic (exact) mass is 1650 g/mol. The number of carbonyl (C=O) groups excluding carboxylic acids is 11. The number of aliphatic carboxylic acids is 1. The first kappa shape index (κ1) is 86.4. The molecular formula is C93H83Cl2N3O21. The van der Waals surface area contributed by atoms with Crippen molar-refractivity contribution in [1.82, 2.24) is 0 Å². The van der Waals surface area contributed by atoms with Crippen LogP contribution in [0.25, 0.3) is 0 Å². The summed E-state index contributed by atoms with van der Waals surface area (Å²) >= 11 is 11.5. The molecule has 0 aliphatic carbocycles. The topological polar surface area (TPSA) is 328 Å². The van der Waals surface area contributed by atoms with Gasteiger partial charge in [-0.05, 0) is 161 Å². The zero-order valence-corrected chi connectivity index (χ0v) is 67.5. The Kier molecular flexibility index (Phi) is 28.0. The molecule has 0 saturated carbocycles. The summed E-state index contributed by atoms with van der Waals surface area (Å²) in [5.41, 5.74) is 10.6. The number of carboxylic acid groups (broad SMARTS) is 1. The Bertz CT molecular complexity index is 5610. The molecule has 0 bridgehead atoms. The van der Waals surface area contributed by atoms with Gasteiger partial charge >= 0.3 is 18.2 Å². The minimum Gasteiger partial charge on any atom is -0.482 e. The maximum Gasteiger partial charge on any atom is 0.308 e. The lowest BCUT2D eigenvalue weighted by molar-refractivity contribution is -0.154. The minimum atomic E-state index is -1.30. The number of halogens is 2. The molecule has 9 aliphatic rings. The number of nitrogens with zero attached hydrogens (tertiary/aromatic N) is 2. The van der Waals surface area contributed by atoms with E-state index in [1.165, 1.54) is 13.0 Å². The Labute approximate surface area is 695 Å². The van der Waals surface area contributed by atoms with E-state index in [0.717, 1.165) is 75.8 Å². The number of anilines is 3. The summed E-state index contributed by atoms with van der Waals surface area (Å²) in [6, 6.07) is 66.0. The molecule has 0 spiro atoms. The number of Topliss-reactive ketones (excluding diaryl/α,β-unsaturated/α-hetero) is 10. The molecule has 5 atom stereocenters. The molecule has 119 heavy (non-hydrogen) atoms. The molecule has 610 valence electrons. The molecule has 10 aromatic carbocycles. The number of benzene rings is 10. The highest BCUT2D eigenvalue weighted by molar-refractivity contribution is 6.31. The first-order chi connectivity index (χ1) is 56.9. The fourth-order valence-corrected chi connectivity index (χ4v) is 13.8. The van der Waals surface area contributed by atoms with Crippen LogP contribution in [-0.4, -0.2) is 150 Å². The number of para-hydroxylation sites is 6. The predicted octanol–water partition coefficient (Wildman–Crippen LogP) is 16.1. The lowest BCUT2D eigenvalue weighted by atomic mass is 10.0. The van der Waals surface area contributed by atoms with E-state index in [2.05, 4.69) is 15.1 Å². The second-order valence-corrected chi connectivity index (χ2v) is 29.5. The highest BCUT2D eigenvalue weighted by atomic mass is 35.5. The van der Waals surface area contributed by atoms with Gasteiger partial charge in [0.2, 0.25) is 46.6 Å². The Morgan fingerprint density at radius 2 is 0.983 bits per heavy atom. The van der Waals surface area contributed by atoms with Crippen LogP contribution in [0.1, 0.15) is 168 Å². The summed E-state index contributed by atoms with van der Waals surface area (Å²) in [6.45, 7) is 13.0. The number of ether oxygens (including phenoxy) is 7. The molecule has 0 radical (unpaired) electrons. The lowest BCUT2D eigenvalue weighted by Crippen LogP contribution is -2.31. The summed E-state index contributed by atoms with van der Waals surface area (Å²) in [4.78, 5) is 141. The lowest BCUT2D eigenvalue weighted by Gasteiger charge is -2.26. The quantitative estimate of drug-likeness (QED) is 0.0818. The van der Waals surface area contributed by atoms with Crippen molar-refractivity contribution < 1.29 is 101 Å². The van der Waals surface area contributed by atoms with Crippen LogP contribution in [0.15, 0.2) is 224 Å². The average molecular weight is 1650 g/mol. The Morgan fingerprint density at radius 3 is 1.56 bits per heavy atom. The van der Waals surface area contributed by atoms with E-state index in [1.807, 2.05) is 125 Å². The van der Waals surface area contributed by atoms with E-state index in [-0.39, 0.29) is 70.4 Å². The molecule has 0 amide bonds. The molecule has 9 heterocycles. The minimum absolute atomic E-state index is 0.0677. The van der Waals surface area contributed by atoms with Crippen molar-refractivity contribution in [3.63, 3.8) is 0 Å². The number of ketones is 10. The van der Waals surface area contributed by atoms with Gasteiger partial charge in [-0.1, -0.05) is 132 Å². The van der Waals surface area contributed by atoms with Crippen LogP contribution < -0.4 is 43.5 Å². The number of esters is 1. The van der Waals surface area contributed by atoms with E-state index < -0.39 is 42.3 Å². The van der Waals surface area contributed by atoms with Gasteiger partial charge in [-0.2, -0.15) is 0 Å². The van der Waals surface area contributed by atoms with Crippen molar-refractivity contribution >= 4 is 110 Å². The van der Waals surface area contributed by atoms with Crippen LogP contribution in [0.3, 0.4) is 0 Å². The molecule has 19 rings (SSSR count). The van der Waals surface area contributed by atoms with Crippen LogP contribution >= 0.6 is 23.2 Å². The normalized spacial score (nSPS) is 17.9. The largest absolute Gasteiger partial charge is 0.482 e. The number of rotatable bonds is 5. The second kappa shape index (κ2) is 38.6. The van der Waals surface area contributed by atoms with E-state index >= 15 is 0 Å². The van der Waals surface area contributed by atoms with E-state index in [1.54, 1.807) is 142 Å². The van der Waals surface area contributed by atoms with Crippen LogP contribution in [-0.2, 0) is 14.3 Å². The van der Waals surface area contributed by atoms with Crippen molar-refractivity contribution in [3.8, 4) is 34.5 Å². The van der Waals surface area contributed by atoms with Gasteiger partial charge in [0.25, 0.3) is 6.29 Å². The highest BCUT2D eigenvalue weighted by Gasteiger charge is 2.41. The number of fused-ring (bicyclic) bond motifs is 9. The SMILES string of the molecule is CC(=O)OC1Oc2ccccc2C1=O.CC1(C)Oc2ccccc2C1=O.CN1CCC(=O)c2cc(Cl)ccc21.CN1CCC(=O)c2ccccc21.Cc1cc(C)c2c(c1)C(=O)C(C)O2.O=C(O)CC1Oc2ccc(Cl)cc2C1=O.O=C(c1ccccc1)C1Oc2ccccc2C1=O.O=C1CCNc2ccccc21.O=C1c2ccccc2OC1O. The first-order valence-corrected chi connectivity index (χ1v) is 38.6. The first-order valence-electron chi connectivity index (χ1n) is 37.8. The maximum absolute atomic E-state index is 12.2. The average Bonchev–Trinajstić information content (AvgIpc) is 1.68. The van der Waals surface area contributed by atoms with Crippen LogP contribution in [0.2, 0.25) is 10.0 Å². The summed E-state index contributed by atoms with van der Waals surface area (Å²) < 4.78 is 36.2. The van der Waals surface area contributed by atoms with E-state index in [0.29, 0.717) is 91.4 Å². The number of hydrogen-bond donors (Lipinski definition) is 3. The van der Waals surface area contributed by atoms with Gasteiger partial charge < -0.3 is 58.5 Å². The van der Waals surface area contributed by atoms with Crippen molar-refractivity contribution in [2.75, 3.05) is 48.8 Å². The fourth-order valence-electron chi connectivity index (χ4n) is 13.5. The summed E-state index contributed by atoms with van der Waals surface area (Å²) in [7, 11) is 4.00. The maximum atomic E-state index is 12.2. The van der Waals surface area contributed by atoms with Gasteiger partial charge in [-0.25, -0.2) is 0 Å². The molecule has 5 unspecified atom stereocenters. The molecule has 0 fully saturated rings. The number of nitrogens with one attached hydrogen (secondary N) is 1. The Hall–Kier alpha value is -13.4. The third kappa shape index (κ3) is 20.9. The molecule has 26 heteroatoms. The molecule has 10 aromatic rings. The number of aliphatic hydroxyl groups excluding tert-OH is 1. The number of carbonyl (C=O) groups is 12. The smallest absolute Gasteiger partial charge is 0.308 e. The highest BCUT2D eigenvalue weighted by Crippen LogP contribution is 2.38.